The molecule has 0 saturated heterocycles. The zero-order valence-electron chi connectivity index (χ0n) is 6.61. The third kappa shape index (κ3) is 6.02. The molecule has 10 heavy (non-hydrogen) atoms. The molecule has 0 bridgehead atoms. The summed E-state index contributed by atoms with van der Waals surface area (Å²) in [6.07, 6.45) is 3.07. The van der Waals surface area contributed by atoms with Crippen molar-refractivity contribution in [2.24, 2.45) is 0 Å². The fourth-order valence-corrected chi connectivity index (χ4v) is 0.849. The molecular weight excluding hydrogens is 131 g/mol. The maximum Gasteiger partial charge on any atom is 0.0999 e. The molecule has 0 heterocycles. The van der Waals surface area contributed by atoms with Crippen molar-refractivity contribution in [2.45, 2.75) is 45.2 Å². The van der Waals surface area contributed by atoms with Crippen LogP contribution in [0, 0.1) is 0 Å². The molecule has 0 rings (SSSR count). The van der Waals surface area contributed by atoms with Crippen LogP contribution in [-0.2, 0) is 5.11 Å². The van der Waals surface area contributed by atoms with Crippen molar-refractivity contribution in [3.8, 4) is 0 Å². The summed E-state index contributed by atoms with van der Waals surface area (Å²) in [7, 11) is 0. The van der Waals surface area contributed by atoms with E-state index in [1.807, 2.05) is 6.92 Å². The van der Waals surface area contributed by atoms with Gasteiger partial charge in [-0.15, -0.1) is 0 Å². The molecule has 0 aliphatic heterocycles. The van der Waals surface area contributed by atoms with Crippen LogP contribution < -0.4 is 0 Å². The van der Waals surface area contributed by atoms with Gasteiger partial charge in [0, 0.05) is 0 Å². The van der Waals surface area contributed by atoms with E-state index < -0.39 is 6.17 Å². The highest BCUT2D eigenvalue weighted by molar-refractivity contribution is 4.52. The first-order valence-corrected chi connectivity index (χ1v) is 4.03. The minimum atomic E-state index is -0.647. The summed E-state index contributed by atoms with van der Waals surface area (Å²) in [5.41, 5.74) is 0. The maximum atomic E-state index is 12.5. The second kappa shape index (κ2) is 7.00. The van der Waals surface area contributed by atoms with Gasteiger partial charge in [0.15, 0.2) is 0 Å². The van der Waals surface area contributed by atoms with Crippen LogP contribution in [0.15, 0.2) is 0 Å². The molecule has 0 amide bonds. The number of hydrogen-bond acceptors (Lipinski definition) is 0. The van der Waals surface area contributed by atoms with E-state index in [0.29, 0.717) is 19.3 Å². The van der Waals surface area contributed by atoms with Crippen LogP contribution >= 0.6 is 0 Å². The van der Waals surface area contributed by atoms with Crippen LogP contribution in [0.4, 0.5) is 4.39 Å². The minimum Gasteiger partial charge on any atom is -0.248 e. The lowest BCUT2D eigenvalue weighted by molar-refractivity contribution is 0.184. The third-order valence-corrected chi connectivity index (χ3v) is 1.60. The Labute approximate surface area is 62.3 Å². The topological polar surface area (TPSA) is 19.9 Å². The van der Waals surface area contributed by atoms with Crippen molar-refractivity contribution < 1.29 is 9.50 Å². The van der Waals surface area contributed by atoms with Gasteiger partial charge in [0.05, 0.1) is 12.8 Å². The molecule has 0 aromatic heterocycles. The molecule has 0 aromatic rings. The van der Waals surface area contributed by atoms with E-state index in [9.17, 15) is 9.50 Å². The number of halogens is 1. The fraction of sp³-hybridized carbons (Fsp3) is 1.00. The summed E-state index contributed by atoms with van der Waals surface area (Å²) < 4.78 is 12.5. The molecule has 0 fully saturated rings. The lowest BCUT2D eigenvalue weighted by Gasteiger charge is -2.02. The Balaban J connectivity index is 2.89. The van der Waals surface area contributed by atoms with Crippen molar-refractivity contribution in [1.82, 2.24) is 0 Å². The van der Waals surface area contributed by atoms with Crippen LogP contribution in [0.25, 0.3) is 0 Å². The van der Waals surface area contributed by atoms with E-state index in [0.717, 1.165) is 12.8 Å². The Morgan fingerprint density at radius 1 is 1.30 bits per heavy atom. The lowest BCUT2D eigenvalue weighted by Crippen LogP contribution is -1.96. The quantitative estimate of drug-likeness (QED) is 0.515. The second-order valence-corrected chi connectivity index (χ2v) is 2.56. The van der Waals surface area contributed by atoms with Crippen LogP contribution in [0.2, 0.25) is 0 Å². The Bertz CT molecular complexity index is 66.3. The van der Waals surface area contributed by atoms with Gasteiger partial charge in [-0.2, -0.15) is 0 Å². The molecular formula is C8H16FO. The zero-order valence-corrected chi connectivity index (χ0v) is 6.61. The summed E-state index contributed by atoms with van der Waals surface area (Å²) >= 11 is 0. The first-order chi connectivity index (χ1) is 4.81. The van der Waals surface area contributed by atoms with Crippen molar-refractivity contribution in [1.29, 1.82) is 0 Å². The second-order valence-electron chi connectivity index (χ2n) is 2.56. The van der Waals surface area contributed by atoms with Gasteiger partial charge >= 0.3 is 0 Å². The molecule has 0 aliphatic carbocycles. The van der Waals surface area contributed by atoms with Crippen LogP contribution in [0.5, 0.6) is 0 Å². The van der Waals surface area contributed by atoms with Crippen molar-refractivity contribution in [2.75, 3.05) is 6.61 Å². The summed E-state index contributed by atoms with van der Waals surface area (Å²) in [6, 6.07) is 0. The van der Waals surface area contributed by atoms with E-state index in [2.05, 4.69) is 0 Å². The molecule has 0 aliphatic rings. The van der Waals surface area contributed by atoms with Gasteiger partial charge < -0.3 is 0 Å². The van der Waals surface area contributed by atoms with E-state index >= 15 is 0 Å². The zero-order chi connectivity index (χ0) is 7.82. The fourth-order valence-electron chi connectivity index (χ4n) is 0.849. The monoisotopic (exact) mass is 147 g/mol. The summed E-state index contributed by atoms with van der Waals surface area (Å²) in [4.78, 5) is 0. The number of alkyl halides is 1. The molecule has 0 spiro atoms. The average Bonchev–Trinajstić information content (AvgIpc) is 1.98. The molecule has 0 N–H and O–H groups in total. The summed E-state index contributed by atoms with van der Waals surface area (Å²) in [5.74, 6) is 0. The van der Waals surface area contributed by atoms with Gasteiger partial charge in [0.25, 0.3) is 0 Å². The Hall–Kier alpha value is -0.110. The van der Waals surface area contributed by atoms with Crippen LogP contribution in [0.3, 0.4) is 0 Å². The van der Waals surface area contributed by atoms with Gasteiger partial charge in [-0.05, 0) is 19.3 Å². The summed E-state index contributed by atoms with van der Waals surface area (Å²) in [6.45, 7) is 1.83. The lowest BCUT2D eigenvalue weighted by atomic mass is 10.1. The number of hydrogen-bond donors (Lipinski definition) is 0. The van der Waals surface area contributed by atoms with Gasteiger partial charge in [-0.25, -0.2) is 9.50 Å². The third-order valence-electron chi connectivity index (χ3n) is 1.60. The van der Waals surface area contributed by atoms with E-state index in [1.54, 1.807) is 0 Å². The molecule has 0 aromatic carbocycles. The van der Waals surface area contributed by atoms with Crippen LogP contribution in [0.1, 0.15) is 39.0 Å². The normalized spacial score (nSPS) is 13.5. The minimum absolute atomic E-state index is 0.0108. The van der Waals surface area contributed by atoms with Crippen molar-refractivity contribution in [3.63, 3.8) is 0 Å². The van der Waals surface area contributed by atoms with Crippen molar-refractivity contribution in [3.05, 3.63) is 0 Å². The molecule has 1 nitrogen and oxygen atoms in total. The van der Waals surface area contributed by atoms with Gasteiger partial charge in [0.2, 0.25) is 0 Å². The smallest absolute Gasteiger partial charge is 0.0999 e. The highest BCUT2D eigenvalue weighted by Crippen LogP contribution is 2.08. The molecule has 61 valence electrons. The highest BCUT2D eigenvalue weighted by Gasteiger charge is 2.00. The van der Waals surface area contributed by atoms with E-state index in [4.69, 9.17) is 0 Å². The molecule has 2 heteroatoms. The van der Waals surface area contributed by atoms with Gasteiger partial charge in [-0.3, -0.25) is 0 Å². The van der Waals surface area contributed by atoms with Gasteiger partial charge in [0.1, 0.15) is 0 Å². The molecule has 0 saturated carbocycles. The summed E-state index contributed by atoms with van der Waals surface area (Å²) in [5, 5.41) is 9.95. The maximum absolute atomic E-state index is 12.5. The predicted molar refractivity (Wildman–Crippen MR) is 39.2 cm³/mol. The Kier molecular flexibility index (Phi) is 6.93. The Morgan fingerprint density at radius 2 is 2.00 bits per heavy atom. The standard InChI is InChI=1S/C8H16FO/c1-2-8(9)6-4-3-5-7-10/h8H,2-7H2,1H3. The molecule has 1 unspecified atom stereocenters. The van der Waals surface area contributed by atoms with Crippen molar-refractivity contribution >= 4 is 0 Å². The first kappa shape index (κ1) is 9.89. The van der Waals surface area contributed by atoms with E-state index in [1.165, 1.54) is 0 Å². The first-order valence-electron chi connectivity index (χ1n) is 4.03. The Morgan fingerprint density at radius 3 is 2.50 bits per heavy atom. The van der Waals surface area contributed by atoms with Gasteiger partial charge in [-0.1, -0.05) is 19.8 Å². The van der Waals surface area contributed by atoms with Crippen LogP contribution in [-0.4, -0.2) is 12.8 Å². The number of unbranched alkanes of at least 4 members (excludes halogenated alkanes) is 2. The molecule has 1 atom stereocenters. The van der Waals surface area contributed by atoms with E-state index in [-0.39, 0.29) is 6.61 Å². The average molecular weight is 147 g/mol. The number of rotatable bonds is 6. The largest absolute Gasteiger partial charge is 0.248 e. The highest BCUT2D eigenvalue weighted by atomic mass is 19.1. The molecule has 1 radical (unpaired) electrons. The SMILES string of the molecule is CCC(F)CCCCC[O]. The predicted octanol–water partition coefficient (Wildman–Crippen LogP) is 2.73.